The number of aromatic nitrogens is 1. The fourth-order valence-corrected chi connectivity index (χ4v) is 6.35. The lowest BCUT2D eigenvalue weighted by Gasteiger charge is -2.23. The second-order valence-corrected chi connectivity index (χ2v) is 11.4. The van der Waals surface area contributed by atoms with Crippen molar-refractivity contribution in [2.24, 2.45) is 0 Å². The van der Waals surface area contributed by atoms with E-state index in [2.05, 4.69) is 13.8 Å². The summed E-state index contributed by atoms with van der Waals surface area (Å²) in [6, 6.07) is 18.4. The van der Waals surface area contributed by atoms with Crippen molar-refractivity contribution in [3.63, 3.8) is 0 Å². The summed E-state index contributed by atoms with van der Waals surface area (Å²) in [5.41, 5.74) is 5.26. The van der Waals surface area contributed by atoms with Gasteiger partial charge >= 0.3 is 5.91 Å². The topological polar surface area (TPSA) is 79.7 Å². The first-order valence-electron chi connectivity index (χ1n) is 12.8. The molecule has 0 aliphatic carbocycles. The van der Waals surface area contributed by atoms with E-state index in [-0.39, 0.29) is 17.4 Å². The largest absolute Gasteiger partial charge is 0.507 e. The van der Waals surface area contributed by atoms with Gasteiger partial charge in [0.15, 0.2) is 5.13 Å². The van der Waals surface area contributed by atoms with E-state index in [0.29, 0.717) is 16.6 Å². The van der Waals surface area contributed by atoms with Gasteiger partial charge in [0.25, 0.3) is 5.78 Å². The number of carbonyl (C=O) groups is 2. The molecule has 6 nitrogen and oxygen atoms in total. The Kier molecular flexibility index (Phi) is 5.83. The van der Waals surface area contributed by atoms with Crippen molar-refractivity contribution in [3.05, 3.63) is 94.1 Å². The maximum atomic E-state index is 13.6. The van der Waals surface area contributed by atoms with E-state index >= 15 is 0 Å². The van der Waals surface area contributed by atoms with Crippen LogP contribution in [0.25, 0.3) is 16.0 Å². The Morgan fingerprint density at radius 1 is 1.08 bits per heavy atom. The summed E-state index contributed by atoms with van der Waals surface area (Å²) < 4.78 is 6.74. The van der Waals surface area contributed by atoms with Crippen molar-refractivity contribution < 1.29 is 19.4 Å². The van der Waals surface area contributed by atoms with Crippen LogP contribution in [0.1, 0.15) is 60.5 Å². The van der Waals surface area contributed by atoms with Crippen LogP contribution in [-0.2, 0) is 16.0 Å². The number of hydrogen-bond acceptors (Lipinski definition) is 6. The third-order valence-corrected chi connectivity index (χ3v) is 8.29. The maximum absolute atomic E-state index is 13.6. The highest BCUT2D eigenvalue weighted by molar-refractivity contribution is 7.22. The maximum Gasteiger partial charge on any atom is 0.301 e. The first kappa shape index (κ1) is 24.4. The molecule has 2 aliphatic rings. The molecule has 0 spiro atoms. The van der Waals surface area contributed by atoms with Crippen LogP contribution in [0.2, 0.25) is 0 Å². The second-order valence-electron chi connectivity index (χ2n) is 10.4. The highest BCUT2D eigenvalue weighted by Crippen LogP contribution is 2.45. The van der Waals surface area contributed by atoms with Crippen molar-refractivity contribution in [1.29, 1.82) is 0 Å². The summed E-state index contributed by atoms with van der Waals surface area (Å²) in [6.07, 6.45) is 0.769. The summed E-state index contributed by atoms with van der Waals surface area (Å²) in [7, 11) is 0. The smallest absolute Gasteiger partial charge is 0.301 e. The lowest BCUT2D eigenvalue weighted by Crippen LogP contribution is -2.29. The van der Waals surface area contributed by atoms with E-state index in [1.165, 1.54) is 16.2 Å². The number of ether oxygens (including phenoxy) is 1. The summed E-state index contributed by atoms with van der Waals surface area (Å²) in [6.45, 7) is 8.22. The van der Waals surface area contributed by atoms with Crippen LogP contribution < -0.4 is 9.64 Å². The van der Waals surface area contributed by atoms with Gasteiger partial charge in [-0.1, -0.05) is 55.5 Å². The molecule has 0 bridgehead atoms. The van der Waals surface area contributed by atoms with Gasteiger partial charge < -0.3 is 9.84 Å². The number of ketones is 1. The summed E-state index contributed by atoms with van der Waals surface area (Å²) in [5, 5.41) is 12.0. The first-order chi connectivity index (χ1) is 18.2. The van der Waals surface area contributed by atoms with E-state index in [1.54, 1.807) is 6.07 Å². The van der Waals surface area contributed by atoms with Crippen LogP contribution in [0.3, 0.4) is 0 Å². The van der Waals surface area contributed by atoms with Gasteiger partial charge in [0.2, 0.25) is 0 Å². The fraction of sp³-hybridized carbons (Fsp3) is 0.258. The van der Waals surface area contributed by atoms with Gasteiger partial charge in [0, 0.05) is 12.0 Å². The van der Waals surface area contributed by atoms with Crippen LogP contribution >= 0.6 is 11.3 Å². The van der Waals surface area contributed by atoms with E-state index < -0.39 is 17.7 Å². The Labute approximate surface area is 225 Å². The molecular formula is C31H28N2O4S. The van der Waals surface area contributed by atoms with Gasteiger partial charge in [-0.2, -0.15) is 0 Å². The van der Waals surface area contributed by atoms with Crippen molar-refractivity contribution in [2.75, 3.05) is 4.90 Å². The molecule has 3 aromatic carbocycles. The van der Waals surface area contributed by atoms with Crippen molar-refractivity contribution in [2.45, 2.75) is 52.2 Å². The monoisotopic (exact) mass is 524 g/mol. The lowest BCUT2D eigenvalue weighted by atomic mass is 9.93. The molecule has 1 N–H and O–H groups in total. The van der Waals surface area contributed by atoms with Crippen molar-refractivity contribution in [3.8, 4) is 5.75 Å². The highest BCUT2D eigenvalue weighted by Gasteiger charge is 2.48. The van der Waals surface area contributed by atoms with E-state index in [9.17, 15) is 14.7 Å². The van der Waals surface area contributed by atoms with Crippen LogP contribution in [0.4, 0.5) is 5.13 Å². The Bertz CT molecular complexity index is 1630. The van der Waals surface area contributed by atoms with Crippen molar-refractivity contribution in [1.82, 2.24) is 4.98 Å². The van der Waals surface area contributed by atoms with Gasteiger partial charge in [0.05, 0.1) is 21.8 Å². The number of hydrogen-bond donors (Lipinski definition) is 1. The summed E-state index contributed by atoms with van der Waals surface area (Å²) in [5.74, 6) is -0.499. The second kappa shape index (κ2) is 9.10. The minimum atomic E-state index is -0.804. The minimum Gasteiger partial charge on any atom is -0.507 e. The average molecular weight is 525 g/mol. The molecule has 0 saturated carbocycles. The highest BCUT2D eigenvalue weighted by atomic mass is 32.1. The molecule has 1 aromatic heterocycles. The predicted octanol–water partition coefficient (Wildman–Crippen LogP) is 6.68. The molecule has 6 rings (SSSR count). The molecule has 0 radical (unpaired) electrons. The quantitative estimate of drug-likeness (QED) is 0.183. The van der Waals surface area contributed by atoms with Gasteiger partial charge in [0.1, 0.15) is 17.6 Å². The van der Waals surface area contributed by atoms with Crippen LogP contribution in [0.5, 0.6) is 5.75 Å². The van der Waals surface area contributed by atoms with E-state index in [0.717, 1.165) is 44.6 Å². The Hall–Kier alpha value is -3.97. The standard InChI is InChI=1S/C31H28N2O4S/c1-16(2)19-6-8-20(9-7-19)27-26(28(34)21-10-12-24-22(15-21)14-18(4)37-24)29(35)30(36)33(27)31-32-23-11-5-17(3)13-25(23)38-31/h5-13,15-16,18,27,34H,14H2,1-4H3/b28-26+/t18-,27-/m0/s1. The van der Waals surface area contributed by atoms with Gasteiger partial charge in [-0.25, -0.2) is 4.98 Å². The van der Waals surface area contributed by atoms with Crippen LogP contribution in [-0.4, -0.2) is 27.9 Å². The number of aliphatic hydroxyl groups is 1. The molecule has 4 aromatic rings. The van der Waals surface area contributed by atoms with Crippen LogP contribution in [0.15, 0.2) is 66.2 Å². The zero-order chi connectivity index (χ0) is 26.7. The summed E-state index contributed by atoms with van der Waals surface area (Å²) >= 11 is 1.37. The lowest BCUT2D eigenvalue weighted by molar-refractivity contribution is -0.132. The minimum absolute atomic E-state index is 0.0510. The third kappa shape index (κ3) is 3.98. The Morgan fingerprint density at radius 3 is 2.58 bits per heavy atom. The normalized spacial score (nSPS) is 20.4. The fourth-order valence-electron chi connectivity index (χ4n) is 5.26. The molecule has 38 heavy (non-hydrogen) atoms. The molecule has 3 heterocycles. The number of thiazole rings is 1. The SMILES string of the molecule is Cc1ccc2nc(N3C(=O)C(=O)/C(=C(/O)c4ccc5c(c4)C[C@H](C)O5)[C@@H]3c3ccc(C(C)C)cc3)sc2c1. The van der Waals surface area contributed by atoms with E-state index in [4.69, 9.17) is 9.72 Å². The molecule has 1 amide bonds. The Balaban J connectivity index is 1.53. The molecule has 7 heteroatoms. The zero-order valence-electron chi connectivity index (χ0n) is 21.7. The number of nitrogens with zero attached hydrogens (tertiary/aromatic N) is 2. The number of fused-ring (bicyclic) bond motifs is 2. The molecule has 2 atom stereocenters. The first-order valence-corrected chi connectivity index (χ1v) is 13.6. The van der Waals surface area contributed by atoms with Crippen molar-refractivity contribution >= 4 is 44.1 Å². The number of aryl methyl sites for hydroxylation is 1. The predicted molar refractivity (Wildman–Crippen MR) is 150 cm³/mol. The van der Waals surface area contributed by atoms with Gasteiger partial charge in [-0.05, 0) is 72.4 Å². The number of benzene rings is 3. The molecule has 1 fully saturated rings. The molecule has 0 unspecified atom stereocenters. The number of rotatable bonds is 4. The number of aliphatic hydroxyl groups excluding tert-OH is 1. The van der Waals surface area contributed by atoms with Gasteiger partial charge in [-0.15, -0.1) is 0 Å². The average Bonchev–Trinajstić information content (AvgIpc) is 3.55. The molecular weight excluding hydrogens is 496 g/mol. The molecule has 192 valence electrons. The number of Topliss-reactive ketones (excluding diaryl/α,β-unsaturated/α-hetero) is 1. The molecule has 1 saturated heterocycles. The number of anilines is 1. The number of carbonyl (C=O) groups excluding carboxylic acids is 2. The Morgan fingerprint density at radius 2 is 1.84 bits per heavy atom. The van der Waals surface area contributed by atoms with Crippen LogP contribution in [0, 0.1) is 6.92 Å². The zero-order valence-corrected chi connectivity index (χ0v) is 22.5. The summed E-state index contributed by atoms with van der Waals surface area (Å²) in [4.78, 5) is 33.3. The van der Waals surface area contributed by atoms with Gasteiger partial charge in [-0.3, -0.25) is 14.5 Å². The number of amides is 1. The molecule has 2 aliphatic heterocycles. The third-order valence-electron chi connectivity index (χ3n) is 7.27. The van der Waals surface area contributed by atoms with E-state index in [1.807, 2.05) is 68.4 Å².